The quantitative estimate of drug-likeness (QED) is 0.934. The largest absolute Gasteiger partial charge is 0.497 e. The summed E-state index contributed by atoms with van der Waals surface area (Å²) in [5.41, 5.74) is 2.11. The van der Waals surface area contributed by atoms with E-state index < -0.39 is 0 Å². The van der Waals surface area contributed by atoms with E-state index in [0.29, 0.717) is 0 Å². The Morgan fingerprint density at radius 1 is 1.12 bits per heavy atom. The van der Waals surface area contributed by atoms with Crippen LogP contribution in [-0.4, -0.2) is 48.3 Å². The van der Waals surface area contributed by atoms with E-state index in [0.717, 1.165) is 35.8 Å². The summed E-state index contributed by atoms with van der Waals surface area (Å²) in [7, 11) is 1.66. The first kappa shape index (κ1) is 16.2. The van der Waals surface area contributed by atoms with Gasteiger partial charge in [0.2, 0.25) is 0 Å². The monoisotopic (exact) mass is 339 g/mol. The highest BCUT2D eigenvalue weighted by atomic mass is 16.5. The van der Waals surface area contributed by atoms with Gasteiger partial charge in [0.1, 0.15) is 5.75 Å². The Bertz CT molecular complexity index is 716. The molecule has 1 aromatic heterocycles. The van der Waals surface area contributed by atoms with E-state index >= 15 is 0 Å². The van der Waals surface area contributed by atoms with Gasteiger partial charge in [-0.15, -0.1) is 0 Å². The lowest BCUT2D eigenvalue weighted by Gasteiger charge is -2.26. The molecule has 1 unspecified atom stereocenters. The van der Waals surface area contributed by atoms with E-state index in [2.05, 4.69) is 10.2 Å². The number of hydrogen-bond donors (Lipinski definition) is 1. The molecule has 0 aliphatic carbocycles. The van der Waals surface area contributed by atoms with Crippen molar-refractivity contribution < 1.29 is 9.53 Å². The molecule has 5 heteroatoms. The number of amides is 1. The van der Waals surface area contributed by atoms with Gasteiger partial charge >= 0.3 is 6.03 Å². The molecule has 0 saturated carbocycles. The average molecular weight is 339 g/mol. The summed E-state index contributed by atoms with van der Waals surface area (Å²) in [6, 6.07) is 10.1. The molecule has 5 nitrogen and oxygen atoms in total. The number of ether oxygens (including phenoxy) is 1. The minimum Gasteiger partial charge on any atom is -0.497 e. The first-order valence-corrected chi connectivity index (χ1v) is 9.07. The minimum atomic E-state index is -0.0349. The molecule has 3 fully saturated rings. The Morgan fingerprint density at radius 3 is 2.60 bits per heavy atom. The molecule has 0 radical (unpaired) electrons. The summed E-state index contributed by atoms with van der Waals surface area (Å²) in [6.07, 6.45) is 7.38. The Balaban J connectivity index is 1.43. The molecule has 3 aliphatic rings. The van der Waals surface area contributed by atoms with Crippen LogP contribution in [0.3, 0.4) is 0 Å². The summed E-state index contributed by atoms with van der Waals surface area (Å²) in [4.78, 5) is 15.1. The van der Waals surface area contributed by atoms with Crippen LogP contribution in [0, 0.1) is 5.92 Å². The Morgan fingerprint density at radius 2 is 1.88 bits per heavy atom. The SMILES string of the molecule is COc1ccc(-c2ccn(C(=O)NC3CC4CCN(CC4)C3)c2)cc1. The Labute approximate surface area is 148 Å². The molecule has 1 amide bonds. The second kappa shape index (κ2) is 6.92. The first-order chi connectivity index (χ1) is 12.2. The number of carbonyl (C=O) groups is 1. The predicted molar refractivity (Wildman–Crippen MR) is 97.9 cm³/mol. The van der Waals surface area contributed by atoms with E-state index in [1.165, 1.54) is 25.9 Å². The molecular weight excluding hydrogens is 314 g/mol. The fourth-order valence-electron chi connectivity index (χ4n) is 4.02. The third kappa shape index (κ3) is 3.56. The number of carbonyl (C=O) groups excluding carboxylic acids is 1. The molecule has 25 heavy (non-hydrogen) atoms. The van der Waals surface area contributed by atoms with E-state index in [-0.39, 0.29) is 12.1 Å². The highest BCUT2D eigenvalue weighted by Crippen LogP contribution is 2.27. The van der Waals surface area contributed by atoms with Crippen molar-refractivity contribution in [1.82, 2.24) is 14.8 Å². The zero-order valence-corrected chi connectivity index (χ0v) is 14.6. The van der Waals surface area contributed by atoms with Crippen LogP contribution in [0.5, 0.6) is 5.75 Å². The number of hydrogen-bond acceptors (Lipinski definition) is 3. The van der Waals surface area contributed by atoms with Crippen LogP contribution in [0.25, 0.3) is 11.1 Å². The van der Waals surface area contributed by atoms with Crippen molar-refractivity contribution in [2.45, 2.75) is 25.3 Å². The highest BCUT2D eigenvalue weighted by molar-refractivity contribution is 5.79. The number of nitrogens with zero attached hydrogens (tertiary/aromatic N) is 2. The summed E-state index contributed by atoms with van der Waals surface area (Å²) < 4.78 is 6.85. The third-order valence-electron chi connectivity index (χ3n) is 5.48. The van der Waals surface area contributed by atoms with Crippen LogP contribution in [0.2, 0.25) is 0 Å². The van der Waals surface area contributed by atoms with Gasteiger partial charge in [-0.1, -0.05) is 12.1 Å². The lowest BCUT2D eigenvalue weighted by Crippen LogP contribution is -2.43. The summed E-state index contributed by atoms with van der Waals surface area (Å²) in [5.74, 6) is 1.60. The molecule has 2 bridgehead atoms. The Kier molecular flexibility index (Phi) is 4.49. The molecule has 0 spiro atoms. The zero-order chi connectivity index (χ0) is 17.2. The van der Waals surface area contributed by atoms with Gasteiger partial charge in [-0.05, 0) is 67.6 Å². The lowest BCUT2D eigenvalue weighted by molar-refractivity contribution is 0.217. The standard InChI is InChI=1S/C20H25N3O2/c1-25-19-4-2-16(3-5-19)17-8-11-23(13-17)20(24)21-18-12-15-6-9-22(14-18)10-7-15/h2-5,8,11,13,15,18H,6-7,9-10,12,14H2,1H3,(H,21,24). The van der Waals surface area contributed by atoms with Crippen LogP contribution in [0.15, 0.2) is 42.7 Å². The smallest absolute Gasteiger partial charge is 0.325 e. The van der Waals surface area contributed by atoms with Crippen molar-refractivity contribution >= 4 is 6.03 Å². The topological polar surface area (TPSA) is 46.5 Å². The van der Waals surface area contributed by atoms with Gasteiger partial charge in [0.05, 0.1) is 7.11 Å². The van der Waals surface area contributed by atoms with Crippen LogP contribution >= 0.6 is 0 Å². The molecule has 4 heterocycles. The number of aromatic nitrogens is 1. The van der Waals surface area contributed by atoms with Crippen molar-refractivity contribution in [3.8, 4) is 16.9 Å². The van der Waals surface area contributed by atoms with E-state index in [1.807, 2.05) is 42.7 Å². The first-order valence-electron chi connectivity index (χ1n) is 9.07. The number of fused-ring (bicyclic) bond motifs is 4. The molecular formula is C20H25N3O2. The maximum atomic E-state index is 12.6. The number of nitrogens with one attached hydrogen (secondary N) is 1. The number of piperidine rings is 1. The van der Waals surface area contributed by atoms with Crippen LogP contribution in [0.1, 0.15) is 19.3 Å². The van der Waals surface area contributed by atoms with Crippen molar-refractivity contribution in [1.29, 1.82) is 0 Å². The predicted octanol–water partition coefficient (Wildman–Crippen LogP) is 3.21. The second-order valence-electron chi connectivity index (χ2n) is 7.16. The molecule has 3 saturated heterocycles. The Hall–Kier alpha value is -2.27. The van der Waals surface area contributed by atoms with Gasteiger partial charge in [-0.25, -0.2) is 4.79 Å². The zero-order valence-electron chi connectivity index (χ0n) is 14.6. The summed E-state index contributed by atoms with van der Waals surface area (Å²) >= 11 is 0. The van der Waals surface area contributed by atoms with Gasteiger partial charge < -0.3 is 15.0 Å². The van der Waals surface area contributed by atoms with Gasteiger partial charge in [0.15, 0.2) is 0 Å². The number of benzene rings is 1. The van der Waals surface area contributed by atoms with Crippen molar-refractivity contribution in [3.63, 3.8) is 0 Å². The van der Waals surface area contributed by atoms with Crippen molar-refractivity contribution in [3.05, 3.63) is 42.7 Å². The van der Waals surface area contributed by atoms with Gasteiger partial charge in [-0.2, -0.15) is 0 Å². The van der Waals surface area contributed by atoms with Crippen molar-refractivity contribution in [2.75, 3.05) is 26.7 Å². The number of rotatable bonds is 3. The lowest BCUT2D eigenvalue weighted by atomic mass is 9.94. The van der Waals surface area contributed by atoms with Crippen LogP contribution in [0.4, 0.5) is 4.79 Å². The molecule has 5 rings (SSSR count). The maximum absolute atomic E-state index is 12.6. The van der Waals surface area contributed by atoms with Gasteiger partial charge in [-0.3, -0.25) is 4.57 Å². The fraction of sp³-hybridized carbons (Fsp3) is 0.450. The highest BCUT2D eigenvalue weighted by Gasteiger charge is 2.29. The molecule has 132 valence electrons. The fourth-order valence-corrected chi connectivity index (χ4v) is 4.02. The van der Waals surface area contributed by atoms with E-state index in [4.69, 9.17) is 4.74 Å². The van der Waals surface area contributed by atoms with Crippen LogP contribution < -0.4 is 10.1 Å². The average Bonchev–Trinajstić information content (AvgIpc) is 2.97. The molecule has 3 aliphatic heterocycles. The van der Waals surface area contributed by atoms with E-state index in [1.54, 1.807) is 11.7 Å². The maximum Gasteiger partial charge on any atom is 0.325 e. The molecule has 1 aromatic carbocycles. The minimum absolute atomic E-state index is 0.0349. The summed E-state index contributed by atoms with van der Waals surface area (Å²) in [5, 5.41) is 3.22. The van der Waals surface area contributed by atoms with Gasteiger partial charge in [0.25, 0.3) is 0 Å². The number of methoxy groups -OCH3 is 1. The third-order valence-corrected chi connectivity index (χ3v) is 5.48. The molecule has 1 N–H and O–H groups in total. The summed E-state index contributed by atoms with van der Waals surface area (Å²) in [6.45, 7) is 3.35. The van der Waals surface area contributed by atoms with Crippen LogP contribution in [-0.2, 0) is 0 Å². The normalized spacial score (nSPS) is 25.4. The molecule has 1 atom stereocenters. The van der Waals surface area contributed by atoms with Gasteiger partial charge in [0, 0.05) is 25.0 Å². The second-order valence-corrected chi connectivity index (χ2v) is 7.16. The van der Waals surface area contributed by atoms with Crippen molar-refractivity contribution in [2.24, 2.45) is 5.92 Å². The molecule has 2 aromatic rings. The van der Waals surface area contributed by atoms with E-state index in [9.17, 15) is 4.79 Å².